The van der Waals surface area contributed by atoms with Crippen LogP contribution in [0.2, 0.25) is 0 Å². The number of pyridine rings is 1. The van der Waals surface area contributed by atoms with Crippen molar-refractivity contribution in [3.8, 4) is 34.1 Å². The number of nitrogens with zero attached hydrogens (tertiary/aromatic N) is 4. The van der Waals surface area contributed by atoms with Gasteiger partial charge in [-0.3, -0.25) is 4.57 Å². The highest BCUT2D eigenvalue weighted by atomic mass is 16.5. The predicted molar refractivity (Wildman–Crippen MR) is 181 cm³/mol. The van der Waals surface area contributed by atoms with Crippen molar-refractivity contribution in [3.05, 3.63) is 132 Å². The van der Waals surface area contributed by atoms with Gasteiger partial charge in [-0.15, -0.1) is 0 Å². The number of rotatable bonds is 5. The zero-order valence-corrected chi connectivity index (χ0v) is 26.1. The van der Waals surface area contributed by atoms with E-state index < -0.39 is 0 Å². The van der Waals surface area contributed by atoms with Crippen molar-refractivity contribution in [2.45, 2.75) is 47.0 Å². The van der Waals surface area contributed by atoms with Crippen LogP contribution in [0.1, 0.15) is 43.0 Å². The lowest BCUT2D eigenvalue weighted by atomic mass is 9.80. The van der Waals surface area contributed by atoms with Crippen molar-refractivity contribution in [2.75, 3.05) is 0 Å². The molecule has 0 radical (unpaired) electrons. The number of ether oxygens (including phenoxy) is 1. The molecule has 0 unspecified atom stereocenters. The number of hydrogen-bond acceptors (Lipinski definition) is 3. The number of hydrogen-bond donors (Lipinski definition) is 0. The van der Waals surface area contributed by atoms with Crippen molar-refractivity contribution in [1.29, 1.82) is 0 Å². The molecule has 7 rings (SSSR count). The number of aryl methyl sites for hydroxylation is 2. The highest BCUT2D eigenvalue weighted by molar-refractivity contribution is 6.09. The van der Waals surface area contributed by atoms with Gasteiger partial charge in [-0.1, -0.05) is 57.2 Å². The fraction of sp³-hybridized carbons (Fsp3) is 0.179. The molecular formula is C39H36N4O. The third-order valence-electron chi connectivity index (χ3n) is 8.45. The average molecular weight is 577 g/mol. The SMILES string of the molecule is Cc1ccnc(-n2c3ccccc3c3ccc(Oc4cccc(-n5cc(-c6c(C)ccc(C(C)(C)C)c6C)cn5)c4)cc32)c1. The smallest absolute Gasteiger partial charge is 0.137 e. The van der Waals surface area contributed by atoms with Crippen molar-refractivity contribution in [1.82, 2.24) is 19.3 Å². The van der Waals surface area contributed by atoms with Crippen LogP contribution in [0.4, 0.5) is 0 Å². The van der Waals surface area contributed by atoms with Gasteiger partial charge in [0.05, 0.1) is 22.9 Å². The van der Waals surface area contributed by atoms with E-state index in [2.05, 4.69) is 113 Å². The average Bonchev–Trinajstić information content (AvgIpc) is 3.60. The summed E-state index contributed by atoms with van der Waals surface area (Å²) in [6.07, 6.45) is 5.93. The summed E-state index contributed by atoms with van der Waals surface area (Å²) in [5.74, 6) is 2.40. The van der Waals surface area contributed by atoms with Gasteiger partial charge in [-0.25, -0.2) is 9.67 Å². The Bertz CT molecular complexity index is 2180. The maximum absolute atomic E-state index is 6.47. The molecule has 3 aromatic heterocycles. The quantitative estimate of drug-likeness (QED) is 0.205. The summed E-state index contributed by atoms with van der Waals surface area (Å²) >= 11 is 0. The molecule has 0 saturated heterocycles. The summed E-state index contributed by atoms with van der Waals surface area (Å²) in [5, 5.41) is 7.10. The number of fused-ring (bicyclic) bond motifs is 3. The van der Waals surface area contributed by atoms with E-state index in [1.54, 1.807) is 0 Å². The second-order valence-electron chi connectivity index (χ2n) is 12.7. The topological polar surface area (TPSA) is 44.9 Å². The fourth-order valence-electron chi connectivity index (χ4n) is 6.43. The molecule has 5 nitrogen and oxygen atoms in total. The first-order valence-electron chi connectivity index (χ1n) is 15.1. The monoisotopic (exact) mass is 576 g/mol. The second kappa shape index (κ2) is 10.5. The van der Waals surface area contributed by atoms with Gasteiger partial charge in [0.25, 0.3) is 0 Å². The summed E-state index contributed by atoms with van der Waals surface area (Å²) < 4.78 is 10.6. The van der Waals surface area contributed by atoms with E-state index in [-0.39, 0.29) is 5.41 Å². The van der Waals surface area contributed by atoms with Gasteiger partial charge in [0.1, 0.15) is 17.3 Å². The summed E-state index contributed by atoms with van der Waals surface area (Å²) in [4.78, 5) is 4.70. The largest absolute Gasteiger partial charge is 0.457 e. The van der Waals surface area contributed by atoms with Crippen LogP contribution in [0.25, 0.3) is 44.4 Å². The minimum Gasteiger partial charge on any atom is -0.457 e. The first kappa shape index (κ1) is 27.7. The Morgan fingerprint density at radius 3 is 2.34 bits per heavy atom. The zero-order chi connectivity index (χ0) is 30.6. The summed E-state index contributed by atoms with van der Waals surface area (Å²) in [6.45, 7) is 13.3. The molecule has 7 aromatic rings. The van der Waals surface area contributed by atoms with Gasteiger partial charge in [0.2, 0.25) is 0 Å². The molecule has 0 spiro atoms. The Hall–Kier alpha value is -5.16. The molecular weight excluding hydrogens is 540 g/mol. The fourth-order valence-corrected chi connectivity index (χ4v) is 6.43. The Labute approximate surface area is 258 Å². The number of benzene rings is 4. The van der Waals surface area contributed by atoms with E-state index in [1.807, 2.05) is 47.4 Å². The van der Waals surface area contributed by atoms with E-state index in [4.69, 9.17) is 14.8 Å². The summed E-state index contributed by atoms with van der Waals surface area (Å²) in [7, 11) is 0. The van der Waals surface area contributed by atoms with Crippen LogP contribution < -0.4 is 4.74 Å². The third-order valence-corrected chi connectivity index (χ3v) is 8.45. The maximum atomic E-state index is 6.47. The summed E-state index contributed by atoms with van der Waals surface area (Å²) in [6, 6.07) is 31.4. The highest BCUT2D eigenvalue weighted by Crippen LogP contribution is 2.37. The predicted octanol–water partition coefficient (Wildman–Crippen LogP) is 10.0. The highest BCUT2D eigenvalue weighted by Gasteiger charge is 2.20. The molecule has 0 aliphatic rings. The van der Waals surface area contributed by atoms with Gasteiger partial charge in [0.15, 0.2) is 0 Å². The van der Waals surface area contributed by atoms with E-state index in [1.165, 1.54) is 33.2 Å². The normalized spacial score (nSPS) is 11.9. The van der Waals surface area contributed by atoms with Crippen LogP contribution in [0, 0.1) is 20.8 Å². The molecule has 4 aromatic carbocycles. The molecule has 0 aliphatic carbocycles. The van der Waals surface area contributed by atoms with Crippen LogP contribution in [0.3, 0.4) is 0 Å². The van der Waals surface area contributed by atoms with Crippen LogP contribution in [-0.2, 0) is 5.41 Å². The van der Waals surface area contributed by atoms with E-state index in [9.17, 15) is 0 Å². The summed E-state index contributed by atoms with van der Waals surface area (Å²) in [5.41, 5.74) is 10.6. The zero-order valence-electron chi connectivity index (χ0n) is 26.1. The van der Waals surface area contributed by atoms with E-state index >= 15 is 0 Å². The molecule has 0 atom stereocenters. The minimum absolute atomic E-state index is 0.0716. The molecule has 3 heterocycles. The van der Waals surface area contributed by atoms with Gasteiger partial charge >= 0.3 is 0 Å². The molecule has 0 fully saturated rings. The van der Waals surface area contributed by atoms with Crippen molar-refractivity contribution < 1.29 is 4.74 Å². The van der Waals surface area contributed by atoms with Crippen molar-refractivity contribution in [2.24, 2.45) is 0 Å². The Morgan fingerprint density at radius 2 is 1.52 bits per heavy atom. The van der Waals surface area contributed by atoms with Crippen molar-refractivity contribution >= 4 is 21.8 Å². The molecule has 0 amide bonds. The van der Waals surface area contributed by atoms with Crippen LogP contribution in [0.15, 0.2) is 110 Å². The Morgan fingerprint density at radius 1 is 0.727 bits per heavy atom. The van der Waals surface area contributed by atoms with Crippen LogP contribution in [0.5, 0.6) is 11.5 Å². The number of aromatic nitrogens is 4. The van der Waals surface area contributed by atoms with E-state index in [0.717, 1.165) is 45.0 Å². The lowest BCUT2D eigenvalue weighted by Crippen LogP contribution is -2.13. The molecule has 44 heavy (non-hydrogen) atoms. The van der Waals surface area contributed by atoms with Gasteiger partial charge in [-0.2, -0.15) is 5.10 Å². The third kappa shape index (κ3) is 4.84. The van der Waals surface area contributed by atoms with Gasteiger partial charge in [-0.05, 0) is 96.5 Å². The van der Waals surface area contributed by atoms with E-state index in [0.29, 0.717) is 0 Å². The standard InChI is InChI=1S/C39H36N4O/c1-25-18-19-40-37(20-25)43-35-13-8-7-12-32(35)33-16-15-31(22-36(33)43)44-30-11-9-10-29(21-30)42-24-28(23-41-42)38-26(2)14-17-34(27(38)3)39(4,5)6/h7-24H,1-6H3. The molecule has 218 valence electrons. The minimum atomic E-state index is 0.0716. The first-order chi connectivity index (χ1) is 21.2. The Kier molecular flexibility index (Phi) is 6.62. The number of para-hydroxylation sites is 1. The lowest BCUT2D eigenvalue weighted by Gasteiger charge is -2.24. The molecule has 0 bridgehead atoms. The van der Waals surface area contributed by atoms with Crippen molar-refractivity contribution in [3.63, 3.8) is 0 Å². The Balaban J connectivity index is 1.24. The van der Waals surface area contributed by atoms with Gasteiger partial charge in [0, 0.05) is 40.9 Å². The van der Waals surface area contributed by atoms with Crippen LogP contribution in [-0.4, -0.2) is 19.3 Å². The first-order valence-corrected chi connectivity index (χ1v) is 15.1. The van der Waals surface area contributed by atoms with Gasteiger partial charge < -0.3 is 4.74 Å². The molecule has 0 saturated carbocycles. The molecule has 0 aliphatic heterocycles. The molecule has 5 heteroatoms. The maximum Gasteiger partial charge on any atom is 0.137 e. The lowest BCUT2D eigenvalue weighted by molar-refractivity contribution is 0.483. The van der Waals surface area contributed by atoms with Crippen LogP contribution >= 0.6 is 0 Å². The molecule has 0 N–H and O–H groups in total. The second-order valence-corrected chi connectivity index (χ2v) is 12.7.